The van der Waals surface area contributed by atoms with Crippen LogP contribution in [-0.2, 0) is 30.8 Å². The molecule has 0 fully saturated rings. The molecule has 7 heteroatoms. The SMILES string of the molecule is CCc1nccn1CC(=O)N1CCn2nc([C@H](O)c3ccccc3)cc2C1. The van der Waals surface area contributed by atoms with Crippen molar-refractivity contribution in [1.82, 2.24) is 24.2 Å². The number of carbonyl (C=O) groups is 1. The van der Waals surface area contributed by atoms with Crippen LogP contribution in [-0.4, -0.2) is 41.8 Å². The molecule has 140 valence electrons. The topological polar surface area (TPSA) is 76.2 Å². The number of hydrogen-bond acceptors (Lipinski definition) is 4. The highest BCUT2D eigenvalue weighted by molar-refractivity contribution is 5.76. The molecule has 0 unspecified atom stereocenters. The lowest BCUT2D eigenvalue weighted by Gasteiger charge is -2.28. The van der Waals surface area contributed by atoms with Crippen LogP contribution in [0, 0.1) is 0 Å². The van der Waals surface area contributed by atoms with Gasteiger partial charge in [-0.15, -0.1) is 0 Å². The molecule has 1 aromatic carbocycles. The zero-order valence-corrected chi connectivity index (χ0v) is 15.3. The molecule has 2 aromatic heterocycles. The quantitative estimate of drug-likeness (QED) is 0.748. The monoisotopic (exact) mass is 365 g/mol. The minimum absolute atomic E-state index is 0.0697. The molecule has 1 aliphatic heterocycles. The molecule has 3 aromatic rings. The summed E-state index contributed by atoms with van der Waals surface area (Å²) in [4.78, 5) is 18.8. The number of aromatic nitrogens is 4. The average Bonchev–Trinajstić information content (AvgIpc) is 3.33. The number of carbonyl (C=O) groups excluding carboxylic acids is 1. The van der Waals surface area contributed by atoms with Crippen molar-refractivity contribution in [3.8, 4) is 0 Å². The molecule has 7 nitrogen and oxygen atoms in total. The van der Waals surface area contributed by atoms with E-state index >= 15 is 0 Å². The molecule has 3 heterocycles. The molecule has 0 spiro atoms. The normalized spacial score (nSPS) is 14.8. The summed E-state index contributed by atoms with van der Waals surface area (Å²) < 4.78 is 3.79. The number of hydrogen-bond donors (Lipinski definition) is 1. The molecule has 1 N–H and O–H groups in total. The van der Waals surface area contributed by atoms with Crippen molar-refractivity contribution in [2.24, 2.45) is 0 Å². The molecule has 27 heavy (non-hydrogen) atoms. The van der Waals surface area contributed by atoms with E-state index in [9.17, 15) is 9.90 Å². The number of amides is 1. The Bertz CT molecular complexity index is 931. The third kappa shape index (κ3) is 3.50. The summed E-state index contributed by atoms with van der Waals surface area (Å²) in [6.07, 6.45) is 3.62. The first-order valence-corrected chi connectivity index (χ1v) is 9.23. The first-order valence-electron chi connectivity index (χ1n) is 9.23. The third-order valence-electron chi connectivity index (χ3n) is 4.99. The van der Waals surface area contributed by atoms with E-state index in [0.717, 1.165) is 23.5 Å². The van der Waals surface area contributed by atoms with Gasteiger partial charge in [0.2, 0.25) is 5.91 Å². The van der Waals surface area contributed by atoms with E-state index in [0.29, 0.717) is 31.9 Å². The number of aryl methyl sites for hydroxylation is 1. The second-order valence-corrected chi connectivity index (χ2v) is 6.74. The van der Waals surface area contributed by atoms with Gasteiger partial charge in [-0.25, -0.2) is 4.98 Å². The van der Waals surface area contributed by atoms with Crippen LogP contribution < -0.4 is 0 Å². The maximum atomic E-state index is 12.7. The van der Waals surface area contributed by atoms with E-state index < -0.39 is 6.10 Å². The molecule has 4 rings (SSSR count). The van der Waals surface area contributed by atoms with Gasteiger partial charge in [-0.05, 0) is 11.6 Å². The van der Waals surface area contributed by atoms with Crippen LogP contribution in [0.3, 0.4) is 0 Å². The van der Waals surface area contributed by atoms with Crippen LogP contribution in [0.25, 0.3) is 0 Å². The summed E-state index contributed by atoms with van der Waals surface area (Å²) in [7, 11) is 0. The van der Waals surface area contributed by atoms with E-state index in [1.807, 2.05) is 63.7 Å². The van der Waals surface area contributed by atoms with E-state index in [1.165, 1.54) is 0 Å². The maximum Gasteiger partial charge on any atom is 0.242 e. The number of rotatable bonds is 5. The zero-order valence-electron chi connectivity index (χ0n) is 15.3. The van der Waals surface area contributed by atoms with Gasteiger partial charge in [-0.3, -0.25) is 9.48 Å². The minimum atomic E-state index is -0.758. The van der Waals surface area contributed by atoms with Crippen molar-refractivity contribution in [2.45, 2.75) is 39.1 Å². The van der Waals surface area contributed by atoms with Crippen LogP contribution >= 0.6 is 0 Å². The Morgan fingerprint density at radius 3 is 2.85 bits per heavy atom. The molecule has 0 aliphatic carbocycles. The number of fused-ring (bicyclic) bond motifs is 1. The van der Waals surface area contributed by atoms with E-state index in [1.54, 1.807) is 6.20 Å². The fourth-order valence-corrected chi connectivity index (χ4v) is 3.49. The lowest BCUT2D eigenvalue weighted by molar-refractivity contribution is -0.133. The second kappa shape index (κ2) is 7.36. The van der Waals surface area contributed by atoms with Gasteiger partial charge in [0.1, 0.15) is 18.5 Å². The molecule has 1 aliphatic rings. The lowest BCUT2D eigenvalue weighted by Crippen LogP contribution is -2.40. The standard InChI is InChI=1S/C20H23N5O2/c1-2-18-21-8-9-23(18)14-19(26)24-10-11-25-16(13-24)12-17(22-25)20(27)15-6-4-3-5-7-15/h3-9,12,20,27H,2,10-11,13-14H2,1H3/t20-/m1/s1. The van der Waals surface area contributed by atoms with Gasteiger partial charge in [0.05, 0.1) is 24.5 Å². The fraction of sp³-hybridized carbons (Fsp3) is 0.350. The highest BCUT2D eigenvalue weighted by atomic mass is 16.3. The molecule has 0 bridgehead atoms. The summed E-state index contributed by atoms with van der Waals surface area (Å²) in [5.41, 5.74) is 2.38. The first kappa shape index (κ1) is 17.5. The van der Waals surface area contributed by atoms with Crippen molar-refractivity contribution in [2.75, 3.05) is 6.54 Å². The smallest absolute Gasteiger partial charge is 0.242 e. The third-order valence-corrected chi connectivity index (χ3v) is 4.99. The van der Waals surface area contributed by atoms with Crippen LogP contribution in [0.4, 0.5) is 0 Å². The maximum absolute atomic E-state index is 12.7. The van der Waals surface area contributed by atoms with Crippen LogP contribution in [0.5, 0.6) is 0 Å². The molecular weight excluding hydrogens is 342 g/mol. The molecular formula is C20H23N5O2. The van der Waals surface area contributed by atoms with Gasteiger partial charge in [-0.1, -0.05) is 37.3 Å². The van der Waals surface area contributed by atoms with Gasteiger partial charge in [0.25, 0.3) is 0 Å². The predicted octanol–water partition coefficient (Wildman–Crippen LogP) is 1.77. The summed E-state index contributed by atoms with van der Waals surface area (Å²) in [5.74, 6) is 0.985. The van der Waals surface area contributed by atoms with Crippen molar-refractivity contribution in [1.29, 1.82) is 0 Å². The Morgan fingerprint density at radius 2 is 2.07 bits per heavy atom. The van der Waals surface area contributed by atoms with Crippen molar-refractivity contribution in [3.05, 3.63) is 71.6 Å². The van der Waals surface area contributed by atoms with E-state index in [-0.39, 0.29) is 5.91 Å². The summed E-state index contributed by atoms with van der Waals surface area (Å²) >= 11 is 0. The Balaban J connectivity index is 1.47. The summed E-state index contributed by atoms with van der Waals surface area (Å²) in [6.45, 7) is 4.08. The second-order valence-electron chi connectivity index (χ2n) is 6.74. The highest BCUT2D eigenvalue weighted by Crippen LogP contribution is 2.23. The van der Waals surface area contributed by atoms with Crippen LogP contribution in [0.2, 0.25) is 0 Å². The van der Waals surface area contributed by atoms with E-state index in [2.05, 4.69) is 10.1 Å². The number of imidazole rings is 1. The predicted molar refractivity (Wildman–Crippen MR) is 99.8 cm³/mol. The molecule has 0 saturated heterocycles. The zero-order chi connectivity index (χ0) is 18.8. The Labute approximate surface area is 157 Å². The molecule has 0 radical (unpaired) electrons. The number of nitrogens with zero attached hydrogens (tertiary/aromatic N) is 5. The van der Waals surface area contributed by atoms with Crippen LogP contribution in [0.1, 0.15) is 35.8 Å². The molecule has 1 amide bonds. The Morgan fingerprint density at radius 1 is 1.26 bits per heavy atom. The number of aliphatic hydroxyl groups is 1. The van der Waals surface area contributed by atoms with E-state index in [4.69, 9.17) is 0 Å². The molecule has 0 saturated carbocycles. The van der Waals surface area contributed by atoms with Gasteiger partial charge < -0.3 is 14.6 Å². The summed E-state index contributed by atoms with van der Waals surface area (Å²) in [5, 5.41) is 15.1. The van der Waals surface area contributed by atoms with Gasteiger partial charge >= 0.3 is 0 Å². The first-order chi connectivity index (χ1) is 13.2. The average molecular weight is 365 g/mol. The van der Waals surface area contributed by atoms with Gasteiger partial charge in [0, 0.05) is 25.4 Å². The lowest BCUT2D eigenvalue weighted by atomic mass is 10.1. The Hall–Kier alpha value is -2.93. The largest absolute Gasteiger partial charge is 0.382 e. The highest BCUT2D eigenvalue weighted by Gasteiger charge is 2.24. The minimum Gasteiger partial charge on any atom is -0.382 e. The molecule has 1 atom stereocenters. The Kier molecular flexibility index (Phi) is 4.77. The number of benzene rings is 1. The van der Waals surface area contributed by atoms with Crippen molar-refractivity contribution < 1.29 is 9.90 Å². The number of aliphatic hydroxyl groups excluding tert-OH is 1. The van der Waals surface area contributed by atoms with Crippen molar-refractivity contribution >= 4 is 5.91 Å². The summed E-state index contributed by atoms with van der Waals surface area (Å²) in [6, 6.07) is 11.4. The fourth-order valence-electron chi connectivity index (χ4n) is 3.49. The van der Waals surface area contributed by atoms with Crippen molar-refractivity contribution in [3.63, 3.8) is 0 Å². The van der Waals surface area contributed by atoms with Gasteiger partial charge in [0.15, 0.2) is 0 Å². The van der Waals surface area contributed by atoms with Gasteiger partial charge in [-0.2, -0.15) is 5.10 Å². The van der Waals surface area contributed by atoms with Crippen LogP contribution in [0.15, 0.2) is 48.8 Å².